The number of hydrogen-bond donors (Lipinski definition) is 2. The molecule has 1 aromatic heterocycles. The Balaban J connectivity index is 2.41. The lowest BCUT2D eigenvalue weighted by Crippen LogP contribution is -2.44. The zero-order valence-electron chi connectivity index (χ0n) is 12.6. The van der Waals surface area contributed by atoms with E-state index >= 15 is 0 Å². The predicted molar refractivity (Wildman–Crippen MR) is 74.9 cm³/mol. The first-order valence-electron chi connectivity index (χ1n) is 6.68. The summed E-state index contributed by atoms with van der Waals surface area (Å²) in [6.45, 7) is 6.52. The van der Waals surface area contributed by atoms with E-state index in [4.69, 9.17) is 9.15 Å². The quantitative estimate of drug-likeness (QED) is 0.806. The fourth-order valence-corrected chi connectivity index (χ4v) is 1.57. The minimum atomic E-state index is -0.693. The molecule has 7 nitrogen and oxygen atoms in total. The van der Waals surface area contributed by atoms with Gasteiger partial charge in [0.25, 0.3) is 5.91 Å². The van der Waals surface area contributed by atoms with E-state index in [1.165, 1.54) is 6.07 Å². The van der Waals surface area contributed by atoms with E-state index in [0.29, 0.717) is 11.5 Å². The molecule has 1 aromatic rings. The van der Waals surface area contributed by atoms with Gasteiger partial charge in [-0.2, -0.15) is 0 Å². The minimum Gasteiger partial charge on any atom is -0.466 e. The zero-order valence-corrected chi connectivity index (χ0v) is 12.6. The number of ether oxygens (including phenoxy) is 1. The van der Waals surface area contributed by atoms with Crippen LogP contribution in [0.2, 0.25) is 0 Å². The highest BCUT2D eigenvalue weighted by Gasteiger charge is 2.17. The van der Waals surface area contributed by atoms with E-state index in [-0.39, 0.29) is 11.6 Å². The molecule has 0 saturated heterocycles. The normalized spacial score (nSPS) is 11.6. The van der Waals surface area contributed by atoms with Crippen LogP contribution in [0.4, 0.5) is 4.79 Å². The highest BCUT2D eigenvalue weighted by Crippen LogP contribution is 2.14. The lowest BCUT2D eigenvalue weighted by atomic mass is 10.2. The summed E-state index contributed by atoms with van der Waals surface area (Å²) in [6.07, 6.45) is 0.746. The van der Waals surface area contributed by atoms with Gasteiger partial charge < -0.3 is 14.5 Å². The Bertz CT molecular complexity index is 535. The van der Waals surface area contributed by atoms with Crippen molar-refractivity contribution in [1.29, 1.82) is 0 Å². The smallest absolute Gasteiger partial charge is 0.342 e. The third-order valence-corrected chi connectivity index (χ3v) is 2.84. The number of imide groups is 1. The van der Waals surface area contributed by atoms with Crippen LogP contribution >= 0.6 is 0 Å². The van der Waals surface area contributed by atoms with E-state index in [1.54, 1.807) is 13.8 Å². The molecule has 1 heterocycles. The number of urea groups is 1. The Hall–Kier alpha value is -2.31. The van der Waals surface area contributed by atoms with Gasteiger partial charge in [0.1, 0.15) is 17.1 Å². The molecule has 0 fully saturated rings. The van der Waals surface area contributed by atoms with Gasteiger partial charge in [0.05, 0.1) is 0 Å². The van der Waals surface area contributed by atoms with Crippen molar-refractivity contribution in [2.45, 2.75) is 40.2 Å². The van der Waals surface area contributed by atoms with Gasteiger partial charge in [0.2, 0.25) is 0 Å². The van der Waals surface area contributed by atoms with Crippen molar-refractivity contribution in [3.05, 3.63) is 23.2 Å². The molecule has 3 amide bonds. The van der Waals surface area contributed by atoms with Gasteiger partial charge in [-0.15, -0.1) is 0 Å². The molecule has 0 spiro atoms. The summed E-state index contributed by atoms with van der Waals surface area (Å²) in [4.78, 5) is 34.6. The second-order valence-corrected chi connectivity index (χ2v) is 4.73. The van der Waals surface area contributed by atoms with Crippen LogP contribution < -0.4 is 10.6 Å². The molecule has 1 rings (SSSR count). The minimum absolute atomic E-state index is 0.0445. The molecule has 7 heteroatoms. The summed E-state index contributed by atoms with van der Waals surface area (Å²) in [5, 5.41) is 4.65. The molecule has 116 valence electrons. The first-order valence-corrected chi connectivity index (χ1v) is 6.68. The van der Waals surface area contributed by atoms with Gasteiger partial charge in [0, 0.05) is 6.04 Å². The van der Waals surface area contributed by atoms with Gasteiger partial charge in [0.15, 0.2) is 6.61 Å². The molecule has 1 atom stereocenters. The fraction of sp³-hybridized carbons (Fsp3) is 0.500. The van der Waals surface area contributed by atoms with Crippen molar-refractivity contribution >= 4 is 17.9 Å². The lowest BCUT2D eigenvalue weighted by Gasteiger charge is -2.11. The molecule has 0 unspecified atom stereocenters. The van der Waals surface area contributed by atoms with Gasteiger partial charge in [-0.25, -0.2) is 9.59 Å². The molecule has 0 aliphatic heterocycles. The summed E-state index contributed by atoms with van der Waals surface area (Å²) in [5.41, 5.74) is 0.268. The SMILES string of the molecule is CC[C@@H](C)NC(=O)NC(=O)COC(=O)c1cc(C)oc1C. The van der Waals surface area contributed by atoms with E-state index in [0.717, 1.165) is 6.42 Å². The van der Waals surface area contributed by atoms with Crippen molar-refractivity contribution in [3.8, 4) is 0 Å². The number of carbonyl (C=O) groups is 3. The predicted octanol–water partition coefficient (Wildman–Crippen LogP) is 1.68. The maximum absolute atomic E-state index is 11.7. The monoisotopic (exact) mass is 296 g/mol. The second-order valence-electron chi connectivity index (χ2n) is 4.73. The van der Waals surface area contributed by atoms with Crippen molar-refractivity contribution < 1.29 is 23.5 Å². The van der Waals surface area contributed by atoms with Crippen LogP contribution in [0.5, 0.6) is 0 Å². The van der Waals surface area contributed by atoms with Crippen LogP contribution in [-0.4, -0.2) is 30.6 Å². The Morgan fingerprint density at radius 3 is 2.52 bits per heavy atom. The molecule has 21 heavy (non-hydrogen) atoms. The number of rotatable bonds is 5. The number of aryl methyl sites for hydroxylation is 2. The van der Waals surface area contributed by atoms with E-state index < -0.39 is 24.5 Å². The molecule has 0 bridgehead atoms. The lowest BCUT2D eigenvalue weighted by molar-refractivity contribution is -0.123. The highest BCUT2D eigenvalue weighted by molar-refractivity contribution is 5.97. The van der Waals surface area contributed by atoms with E-state index in [1.807, 2.05) is 13.8 Å². The zero-order chi connectivity index (χ0) is 16.0. The topological polar surface area (TPSA) is 97.6 Å². The van der Waals surface area contributed by atoms with Crippen LogP contribution in [-0.2, 0) is 9.53 Å². The molecule has 2 N–H and O–H groups in total. The Kier molecular flexibility index (Phi) is 5.95. The van der Waals surface area contributed by atoms with Crippen molar-refractivity contribution in [2.24, 2.45) is 0 Å². The molecule has 0 radical (unpaired) electrons. The highest BCUT2D eigenvalue weighted by atomic mass is 16.5. The molecule has 0 aliphatic carbocycles. The van der Waals surface area contributed by atoms with Crippen LogP contribution in [0.15, 0.2) is 10.5 Å². The average Bonchev–Trinajstić information content (AvgIpc) is 2.74. The molecule has 0 aliphatic rings. The number of carbonyl (C=O) groups excluding carboxylic acids is 3. The molecule has 0 aromatic carbocycles. The first kappa shape index (κ1) is 16.7. The van der Waals surface area contributed by atoms with E-state index in [9.17, 15) is 14.4 Å². The molecular formula is C14H20N2O5. The van der Waals surface area contributed by atoms with Crippen molar-refractivity contribution in [3.63, 3.8) is 0 Å². The largest absolute Gasteiger partial charge is 0.466 e. The Labute approximate surface area is 123 Å². The summed E-state index contributed by atoms with van der Waals surface area (Å²) < 4.78 is 10.0. The molecule has 0 saturated carbocycles. The average molecular weight is 296 g/mol. The van der Waals surface area contributed by atoms with Gasteiger partial charge in [-0.3, -0.25) is 10.1 Å². The number of amides is 3. The molecular weight excluding hydrogens is 276 g/mol. The van der Waals surface area contributed by atoms with E-state index in [2.05, 4.69) is 10.6 Å². The number of furan rings is 1. The third kappa shape index (κ3) is 5.29. The first-order chi connectivity index (χ1) is 9.83. The maximum atomic E-state index is 11.7. The van der Waals surface area contributed by atoms with Gasteiger partial charge >= 0.3 is 12.0 Å². The Morgan fingerprint density at radius 2 is 2.00 bits per heavy atom. The Morgan fingerprint density at radius 1 is 1.33 bits per heavy atom. The van der Waals surface area contributed by atoms with Crippen LogP contribution in [0.1, 0.15) is 42.1 Å². The third-order valence-electron chi connectivity index (χ3n) is 2.84. The van der Waals surface area contributed by atoms with Crippen LogP contribution in [0.25, 0.3) is 0 Å². The van der Waals surface area contributed by atoms with Crippen LogP contribution in [0.3, 0.4) is 0 Å². The second kappa shape index (κ2) is 7.47. The van der Waals surface area contributed by atoms with Crippen molar-refractivity contribution in [2.75, 3.05) is 6.61 Å². The summed E-state index contributed by atoms with van der Waals surface area (Å²) in [6, 6.07) is 0.878. The summed E-state index contributed by atoms with van der Waals surface area (Å²) >= 11 is 0. The summed E-state index contributed by atoms with van der Waals surface area (Å²) in [7, 11) is 0. The fourth-order valence-electron chi connectivity index (χ4n) is 1.57. The summed E-state index contributed by atoms with van der Waals surface area (Å²) in [5.74, 6) is -0.354. The standard InChI is InChI=1S/C14H20N2O5/c1-5-8(2)15-14(19)16-12(17)7-20-13(18)11-6-9(3)21-10(11)4/h6,8H,5,7H2,1-4H3,(H2,15,16,17,19)/t8-/m1/s1. The number of hydrogen-bond acceptors (Lipinski definition) is 5. The maximum Gasteiger partial charge on any atom is 0.342 e. The number of esters is 1. The van der Waals surface area contributed by atoms with Gasteiger partial charge in [-0.05, 0) is 33.3 Å². The van der Waals surface area contributed by atoms with Gasteiger partial charge in [-0.1, -0.05) is 6.92 Å². The number of nitrogens with one attached hydrogen (secondary N) is 2. The van der Waals surface area contributed by atoms with Crippen molar-refractivity contribution in [1.82, 2.24) is 10.6 Å². The van der Waals surface area contributed by atoms with Crippen LogP contribution in [0, 0.1) is 13.8 Å².